The number of aryl methyl sites for hydroxylation is 1. The van der Waals surface area contributed by atoms with E-state index in [0.717, 1.165) is 5.02 Å². The highest BCUT2D eigenvalue weighted by molar-refractivity contribution is 7.10. The first-order chi connectivity index (χ1) is 6.34. The van der Waals surface area contributed by atoms with Gasteiger partial charge in [0.15, 0.2) is 0 Å². The Labute approximate surface area is 89.9 Å². The van der Waals surface area contributed by atoms with E-state index in [2.05, 4.69) is 12.3 Å². The summed E-state index contributed by atoms with van der Waals surface area (Å²) >= 11 is 7.77. The van der Waals surface area contributed by atoms with E-state index in [1.54, 1.807) is 11.3 Å². The molecule has 1 aromatic heterocycles. The minimum Gasteiger partial charge on any atom is -0.147 e. The van der Waals surface area contributed by atoms with Crippen LogP contribution in [0.25, 0.3) is 0 Å². The van der Waals surface area contributed by atoms with Crippen molar-refractivity contribution in [3.8, 4) is 0 Å². The van der Waals surface area contributed by atoms with E-state index < -0.39 is 0 Å². The summed E-state index contributed by atoms with van der Waals surface area (Å²) in [4.78, 5) is 1.36. The van der Waals surface area contributed by atoms with E-state index in [1.165, 1.54) is 43.4 Å². The van der Waals surface area contributed by atoms with Crippen molar-refractivity contribution in [1.29, 1.82) is 0 Å². The smallest absolute Gasteiger partial charge is 0.0544 e. The molecule has 0 aliphatic heterocycles. The summed E-state index contributed by atoms with van der Waals surface area (Å²) < 4.78 is 0. The molecule has 1 aromatic rings. The van der Waals surface area contributed by atoms with Gasteiger partial charge in [0.25, 0.3) is 0 Å². The first-order valence-electron chi connectivity index (χ1n) is 5.06. The number of halogens is 1. The van der Waals surface area contributed by atoms with Crippen molar-refractivity contribution in [3.63, 3.8) is 0 Å². The van der Waals surface area contributed by atoms with Crippen LogP contribution >= 0.6 is 22.9 Å². The largest absolute Gasteiger partial charge is 0.147 e. The maximum absolute atomic E-state index is 5.99. The maximum Gasteiger partial charge on any atom is 0.0544 e. The van der Waals surface area contributed by atoms with Gasteiger partial charge in [0.2, 0.25) is 0 Å². The third-order valence-corrected chi connectivity index (χ3v) is 3.65. The predicted molar refractivity (Wildman–Crippen MR) is 61.8 cm³/mol. The molecule has 1 heterocycles. The predicted octanol–water partition coefficient (Wildman–Crippen LogP) is 4.91. The van der Waals surface area contributed by atoms with Crippen molar-refractivity contribution in [3.05, 3.63) is 21.3 Å². The molecule has 0 aliphatic rings. The van der Waals surface area contributed by atoms with Crippen molar-refractivity contribution in [2.24, 2.45) is 0 Å². The van der Waals surface area contributed by atoms with Gasteiger partial charge in [-0.1, -0.05) is 44.2 Å². The fourth-order valence-corrected chi connectivity index (χ4v) is 2.57. The Morgan fingerprint density at radius 1 is 1.23 bits per heavy atom. The quantitative estimate of drug-likeness (QED) is 0.593. The summed E-state index contributed by atoms with van der Waals surface area (Å²) in [6.07, 6.45) is 7.87. The van der Waals surface area contributed by atoms with Gasteiger partial charge >= 0.3 is 0 Å². The molecule has 0 aromatic carbocycles. The number of unbranched alkanes of at least 4 members (excludes halogenated alkanes) is 4. The first-order valence-corrected chi connectivity index (χ1v) is 6.32. The summed E-state index contributed by atoms with van der Waals surface area (Å²) in [6, 6.07) is 1.99. The molecule has 0 fully saturated rings. The molecule has 74 valence electrons. The van der Waals surface area contributed by atoms with Gasteiger partial charge in [-0.05, 0) is 24.3 Å². The zero-order valence-electron chi connectivity index (χ0n) is 8.18. The van der Waals surface area contributed by atoms with Crippen LogP contribution in [0, 0.1) is 0 Å². The van der Waals surface area contributed by atoms with Crippen LogP contribution < -0.4 is 0 Å². The van der Waals surface area contributed by atoms with Crippen molar-refractivity contribution < 1.29 is 0 Å². The second kappa shape index (κ2) is 6.44. The van der Waals surface area contributed by atoms with Crippen LogP contribution in [0.2, 0.25) is 5.02 Å². The van der Waals surface area contributed by atoms with Crippen LogP contribution in [0.1, 0.15) is 43.9 Å². The minimum atomic E-state index is 0.959. The van der Waals surface area contributed by atoms with Gasteiger partial charge in [-0.15, -0.1) is 11.3 Å². The van der Waals surface area contributed by atoms with Crippen LogP contribution in [-0.4, -0.2) is 0 Å². The van der Waals surface area contributed by atoms with E-state index in [-0.39, 0.29) is 0 Å². The van der Waals surface area contributed by atoms with E-state index in [4.69, 9.17) is 11.6 Å². The molecule has 0 N–H and O–H groups in total. The molecule has 0 nitrogen and oxygen atoms in total. The fraction of sp³-hybridized carbons (Fsp3) is 0.636. The summed E-state index contributed by atoms with van der Waals surface area (Å²) in [6.45, 7) is 2.25. The molecule has 1 rings (SSSR count). The van der Waals surface area contributed by atoms with Gasteiger partial charge in [0.1, 0.15) is 0 Å². The fourth-order valence-electron chi connectivity index (χ4n) is 1.39. The molecule has 0 unspecified atom stereocenters. The molecule has 2 heteroatoms. The summed E-state index contributed by atoms with van der Waals surface area (Å²) in [7, 11) is 0. The Morgan fingerprint density at radius 3 is 2.62 bits per heavy atom. The number of rotatable bonds is 6. The monoisotopic (exact) mass is 216 g/mol. The topological polar surface area (TPSA) is 0 Å². The van der Waals surface area contributed by atoms with Crippen molar-refractivity contribution in [2.45, 2.75) is 45.4 Å². The van der Waals surface area contributed by atoms with Gasteiger partial charge in [-0.25, -0.2) is 0 Å². The summed E-state index contributed by atoms with van der Waals surface area (Å²) in [5.74, 6) is 0. The van der Waals surface area contributed by atoms with E-state index in [1.807, 2.05) is 6.07 Å². The summed E-state index contributed by atoms with van der Waals surface area (Å²) in [5, 5.41) is 3.03. The molecular weight excluding hydrogens is 200 g/mol. The second-order valence-electron chi connectivity index (χ2n) is 3.36. The van der Waals surface area contributed by atoms with Crippen molar-refractivity contribution >= 4 is 22.9 Å². The average Bonchev–Trinajstić information content (AvgIpc) is 2.52. The minimum absolute atomic E-state index is 0.959. The summed E-state index contributed by atoms with van der Waals surface area (Å²) in [5.41, 5.74) is 0. The lowest BCUT2D eigenvalue weighted by Gasteiger charge is -1.98. The molecule has 0 aliphatic carbocycles. The molecule has 0 atom stereocenters. The Hall–Kier alpha value is -0.0100. The number of thiophene rings is 1. The molecule has 0 saturated carbocycles. The Balaban J connectivity index is 2.10. The molecule has 13 heavy (non-hydrogen) atoms. The highest BCUT2D eigenvalue weighted by Gasteiger charge is 2.00. The highest BCUT2D eigenvalue weighted by atomic mass is 35.5. The lowest BCUT2D eigenvalue weighted by Crippen LogP contribution is -1.82. The standard InChI is InChI=1S/C11H17ClS/c1-2-3-4-5-6-7-11-10(12)8-9-13-11/h8-9H,2-7H2,1H3. The molecule has 0 bridgehead atoms. The molecule has 0 saturated heterocycles. The Bertz CT molecular complexity index is 230. The van der Waals surface area contributed by atoms with Crippen LogP contribution in [0.5, 0.6) is 0 Å². The van der Waals surface area contributed by atoms with Gasteiger partial charge in [-0.3, -0.25) is 0 Å². The Morgan fingerprint density at radius 2 is 2.00 bits per heavy atom. The van der Waals surface area contributed by atoms with Gasteiger partial charge in [-0.2, -0.15) is 0 Å². The Kier molecular flexibility index (Phi) is 5.49. The SMILES string of the molecule is CCCCCCCc1sccc1Cl. The van der Waals surface area contributed by atoms with Crippen LogP contribution in [-0.2, 0) is 6.42 Å². The number of hydrogen-bond donors (Lipinski definition) is 0. The van der Waals surface area contributed by atoms with Crippen molar-refractivity contribution in [2.75, 3.05) is 0 Å². The highest BCUT2D eigenvalue weighted by Crippen LogP contribution is 2.24. The maximum atomic E-state index is 5.99. The lowest BCUT2D eigenvalue weighted by atomic mass is 10.1. The first kappa shape index (κ1) is 11.1. The number of hydrogen-bond acceptors (Lipinski definition) is 1. The molecule has 0 radical (unpaired) electrons. The van der Waals surface area contributed by atoms with Crippen LogP contribution in [0.4, 0.5) is 0 Å². The van der Waals surface area contributed by atoms with E-state index >= 15 is 0 Å². The molecule has 0 amide bonds. The van der Waals surface area contributed by atoms with Crippen LogP contribution in [0.3, 0.4) is 0 Å². The van der Waals surface area contributed by atoms with Gasteiger partial charge in [0.05, 0.1) is 5.02 Å². The normalized spacial score (nSPS) is 10.6. The zero-order chi connectivity index (χ0) is 9.52. The van der Waals surface area contributed by atoms with Gasteiger partial charge < -0.3 is 0 Å². The van der Waals surface area contributed by atoms with Crippen LogP contribution in [0.15, 0.2) is 11.4 Å². The van der Waals surface area contributed by atoms with Crippen molar-refractivity contribution in [1.82, 2.24) is 0 Å². The van der Waals surface area contributed by atoms with Gasteiger partial charge in [0, 0.05) is 4.88 Å². The van der Waals surface area contributed by atoms with E-state index in [9.17, 15) is 0 Å². The molecule has 0 spiro atoms. The molecular formula is C11H17ClS. The lowest BCUT2D eigenvalue weighted by molar-refractivity contribution is 0.634. The average molecular weight is 217 g/mol. The second-order valence-corrected chi connectivity index (χ2v) is 4.76. The third-order valence-electron chi connectivity index (χ3n) is 2.20. The zero-order valence-corrected chi connectivity index (χ0v) is 9.76. The third kappa shape index (κ3) is 4.15. The van der Waals surface area contributed by atoms with E-state index in [0.29, 0.717) is 0 Å².